The molecule has 2 aliphatic rings. The minimum absolute atomic E-state index is 0.0111. The Morgan fingerprint density at radius 3 is 2.21 bits per heavy atom. The quantitative estimate of drug-likeness (QED) is 0.573. The molecule has 1 aromatic carbocycles. The molecule has 0 aromatic heterocycles. The molecule has 0 spiro atoms. The van der Waals surface area contributed by atoms with Crippen LogP contribution in [0.1, 0.15) is 70.3 Å². The van der Waals surface area contributed by atoms with E-state index in [-0.39, 0.29) is 41.3 Å². The summed E-state index contributed by atoms with van der Waals surface area (Å²) in [4.78, 5) is 40.1. The molecule has 3 amide bonds. The summed E-state index contributed by atoms with van der Waals surface area (Å²) < 4.78 is 12.6. The number of amides is 3. The summed E-state index contributed by atoms with van der Waals surface area (Å²) in [6, 6.07) is 6.90. The molecule has 182 valence electrons. The maximum atomic E-state index is 13.2. The Balaban J connectivity index is 1.57. The molecular formula is C25H37N3O4S. The van der Waals surface area contributed by atoms with Crippen molar-refractivity contribution in [3.8, 4) is 0 Å². The van der Waals surface area contributed by atoms with Gasteiger partial charge in [0, 0.05) is 28.6 Å². The van der Waals surface area contributed by atoms with Gasteiger partial charge in [-0.25, -0.2) is 0 Å². The summed E-state index contributed by atoms with van der Waals surface area (Å²) in [6.45, 7) is 3.72. The Kier molecular flexibility index (Phi) is 9.47. The Morgan fingerprint density at radius 2 is 1.58 bits per heavy atom. The number of carbonyl (C=O) groups is 3. The molecular weight excluding hydrogens is 438 g/mol. The van der Waals surface area contributed by atoms with Crippen molar-refractivity contribution in [1.82, 2.24) is 10.2 Å². The molecule has 33 heavy (non-hydrogen) atoms. The van der Waals surface area contributed by atoms with E-state index in [1.54, 1.807) is 24.0 Å². The fraction of sp³-hybridized carbons (Fsp3) is 0.640. The first kappa shape index (κ1) is 25.4. The molecule has 0 saturated heterocycles. The van der Waals surface area contributed by atoms with Crippen molar-refractivity contribution in [3.05, 3.63) is 29.8 Å². The van der Waals surface area contributed by atoms with E-state index in [2.05, 4.69) is 10.6 Å². The third-order valence-electron chi connectivity index (χ3n) is 6.67. The third-order valence-corrected chi connectivity index (χ3v) is 7.82. The van der Waals surface area contributed by atoms with Gasteiger partial charge < -0.3 is 15.5 Å². The Labute approximate surface area is 199 Å². The third kappa shape index (κ3) is 7.66. The van der Waals surface area contributed by atoms with E-state index in [1.807, 2.05) is 19.1 Å². The van der Waals surface area contributed by atoms with Crippen molar-refractivity contribution in [3.63, 3.8) is 0 Å². The summed E-state index contributed by atoms with van der Waals surface area (Å²) in [5.41, 5.74) is 1.71. The van der Waals surface area contributed by atoms with Crippen molar-refractivity contribution in [2.75, 3.05) is 16.8 Å². The molecule has 0 radical (unpaired) electrons. The molecule has 3 rings (SSSR count). The van der Waals surface area contributed by atoms with Crippen LogP contribution in [0.5, 0.6) is 0 Å². The minimum atomic E-state index is -1.65. The lowest BCUT2D eigenvalue weighted by Crippen LogP contribution is -2.54. The van der Waals surface area contributed by atoms with E-state index < -0.39 is 16.8 Å². The Hall–Kier alpha value is -2.22. The second kappa shape index (κ2) is 12.3. The monoisotopic (exact) mass is 475 g/mol. The van der Waals surface area contributed by atoms with E-state index in [4.69, 9.17) is 0 Å². The molecule has 0 aliphatic heterocycles. The fourth-order valence-corrected chi connectivity index (χ4v) is 5.75. The van der Waals surface area contributed by atoms with Gasteiger partial charge in [-0.2, -0.15) is 0 Å². The number of nitrogens with zero attached hydrogens (tertiary/aromatic N) is 1. The second-order valence-electron chi connectivity index (χ2n) is 9.40. The highest BCUT2D eigenvalue weighted by molar-refractivity contribution is 7.86. The molecule has 8 heteroatoms. The summed E-state index contributed by atoms with van der Waals surface area (Å²) in [5.74, 6) is -1.33. The number of benzene rings is 1. The largest absolute Gasteiger partial charge is 0.352 e. The van der Waals surface area contributed by atoms with Crippen LogP contribution in [0.4, 0.5) is 5.69 Å². The van der Waals surface area contributed by atoms with Crippen molar-refractivity contribution in [2.24, 2.45) is 0 Å². The van der Waals surface area contributed by atoms with Gasteiger partial charge in [0.1, 0.15) is 17.5 Å². The van der Waals surface area contributed by atoms with Crippen LogP contribution in [0.15, 0.2) is 24.3 Å². The molecule has 0 unspecified atom stereocenters. The molecule has 7 nitrogen and oxygen atoms in total. The number of aryl methyl sites for hydroxylation is 1. The predicted octanol–water partition coefficient (Wildman–Crippen LogP) is 3.29. The smallest absolute Gasteiger partial charge is 0.242 e. The number of carbonyl (C=O) groups excluding carboxylic acids is 3. The van der Waals surface area contributed by atoms with E-state index in [0.29, 0.717) is 5.69 Å². The predicted molar refractivity (Wildman–Crippen MR) is 131 cm³/mol. The van der Waals surface area contributed by atoms with Gasteiger partial charge in [-0.1, -0.05) is 49.8 Å². The highest BCUT2D eigenvalue weighted by Crippen LogP contribution is 2.26. The van der Waals surface area contributed by atoms with Gasteiger partial charge in [0.15, 0.2) is 0 Å². The molecule has 2 saturated carbocycles. The lowest BCUT2D eigenvalue weighted by molar-refractivity contribution is -0.140. The highest BCUT2D eigenvalue weighted by atomic mass is 32.2. The van der Waals surface area contributed by atoms with Crippen LogP contribution >= 0.6 is 0 Å². The summed E-state index contributed by atoms with van der Waals surface area (Å²) >= 11 is 0. The van der Waals surface area contributed by atoms with Gasteiger partial charge in [0.2, 0.25) is 17.7 Å². The standard InChI is InChI=1S/C25H37N3O4S/c1-18-12-14-21(15-13-18)26-23(29)16-33(32)17-24(30)28(22-10-6-7-11-22)19(2)25(31)27-20-8-4-3-5-9-20/h12-15,19-20,22H,3-11,16-17H2,1-2H3,(H,26,29)(H,27,31)/t19-,33+/m1/s1. The number of nitrogens with one attached hydrogen (secondary N) is 2. The molecule has 0 bridgehead atoms. The lowest BCUT2D eigenvalue weighted by atomic mass is 9.95. The number of hydrogen-bond acceptors (Lipinski definition) is 4. The van der Waals surface area contributed by atoms with Gasteiger partial charge >= 0.3 is 0 Å². The molecule has 2 fully saturated rings. The summed E-state index contributed by atoms with van der Waals surface area (Å²) in [5, 5.41) is 5.84. The van der Waals surface area contributed by atoms with E-state index in [0.717, 1.165) is 56.9 Å². The van der Waals surface area contributed by atoms with Crippen LogP contribution in [0, 0.1) is 6.92 Å². The van der Waals surface area contributed by atoms with Gasteiger partial charge in [-0.15, -0.1) is 0 Å². The molecule has 2 N–H and O–H groups in total. The van der Waals surface area contributed by atoms with Crippen molar-refractivity contribution in [1.29, 1.82) is 0 Å². The SMILES string of the molecule is Cc1ccc(NC(=O)C[S@](=O)CC(=O)N(C2CCCC2)[C@H](C)C(=O)NC2CCCCC2)cc1. The molecule has 0 heterocycles. The molecule has 2 aliphatic carbocycles. The van der Waals surface area contributed by atoms with Crippen LogP contribution in [0.2, 0.25) is 0 Å². The molecule has 2 atom stereocenters. The van der Waals surface area contributed by atoms with Crippen LogP contribution < -0.4 is 10.6 Å². The van der Waals surface area contributed by atoms with Crippen LogP contribution in [0.3, 0.4) is 0 Å². The zero-order valence-corrected chi connectivity index (χ0v) is 20.6. The van der Waals surface area contributed by atoms with Gasteiger partial charge in [-0.3, -0.25) is 18.6 Å². The van der Waals surface area contributed by atoms with Gasteiger partial charge in [0.25, 0.3) is 0 Å². The van der Waals surface area contributed by atoms with Gasteiger partial charge in [0.05, 0.1) is 0 Å². The molecule has 1 aromatic rings. The fourth-order valence-electron chi connectivity index (χ4n) is 4.86. The van der Waals surface area contributed by atoms with Crippen molar-refractivity contribution >= 4 is 34.2 Å². The average Bonchev–Trinajstić information content (AvgIpc) is 3.30. The Morgan fingerprint density at radius 1 is 0.970 bits per heavy atom. The van der Waals surface area contributed by atoms with E-state index >= 15 is 0 Å². The number of rotatable bonds is 9. The zero-order chi connectivity index (χ0) is 23.8. The zero-order valence-electron chi connectivity index (χ0n) is 19.8. The Bertz CT molecular complexity index is 846. The maximum Gasteiger partial charge on any atom is 0.242 e. The summed E-state index contributed by atoms with van der Waals surface area (Å²) in [7, 11) is -1.65. The normalized spacial score (nSPS) is 19.0. The number of hydrogen-bond donors (Lipinski definition) is 2. The topological polar surface area (TPSA) is 95.6 Å². The van der Waals surface area contributed by atoms with Crippen LogP contribution in [0.25, 0.3) is 0 Å². The lowest BCUT2D eigenvalue weighted by Gasteiger charge is -2.35. The van der Waals surface area contributed by atoms with Crippen LogP contribution in [-0.4, -0.2) is 56.5 Å². The first-order valence-electron chi connectivity index (χ1n) is 12.2. The second-order valence-corrected chi connectivity index (χ2v) is 10.9. The van der Waals surface area contributed by atoms with Crippen LogP contribution in [-0.2, 0) is 25.2 Å². The average molecular weight is 476 g/mol. The van der Waals surface area contributed by atoms with E-state index in [1.165, 1.54) is 6.42 Å². The van der Waals surface area contributed by atoms with Gasteiger partial charge in [-0.05, 0) is 51.7 Å². The highest BCUT2D eigenvalue weighted by Gasteiger charge is 2.35. The maximum absolute atomic E-state index is 13.2. The van der Waals surface area contributed by atoms with Crippen molar-refractivity contribution < 1.29 is 18.6 Å². The van der Waals surface area contributed by atoms with Crippen molar-refractivity contribution in [2.45, 2.75) is 89.8 Å². The van der Waals surface area contributed by atoms with E-state index in [9.17, 15) is 18.6 Å². The minimum Gasteiger partial charge on any atom is -0.352 e. The first-order chi connectivity index (χ1) is 15.8. The summed E-state index contributed by atoms with van der Waals surface area (Å²) in [6.07, 6.45) is 9.16. The first-order valence-corrected chi connectivity index (χ1v) is 13.7. The number of anilines is 1.